The molecule has 2 aliphatic rings. The van der Waals surface area contributed by atoms with Crippen molar-refractivity contribution in [2.75, 3.05) is 0 Å². The lowest BCUT2D eigenvalue weighted by Crippen LogP contribution is -2.11. The molecule has 3 nitrogen and oxygen atoms in total. The van der Waals surface area contributed by atoms with Crippen LogP contribution in [0, 0.1) is 0 Å². The van der Waals surface area contributed by atoms with Gasteiger partial charge in [-0.1, -0.05) is 0 Å². The fraction of sp³-hybridized carbons (Fsp3) is 0.500. The highest BCUT2D eigenvalue weighted by Crippen LogP contribution is 2.20. The van der Waals surface area contributed by atoms with Crippen molar-refractivity contribution >= 4 is 5.71 Å². The number of nitrogens with one attached hydrogen (secondary N) is 1. The van der Waals surface area contributed by atoms with Gasteiger partial charge in [0.05, 0.1) is 11.4 Å². The van der Waals surface area contributed by atoms with E-state index < -0.39 is 0 Å². The predicted octanol–water partition coefficient (Wildman–Crippen LogP) is 1.35. The van der Waals surface area contributed by atoms with Gasteiger partial charge in [-0.2, -0.15) is 5.10 Å². The molecule has 1 aromatic heterocycles. The second kappa shape index (κ2) is 2.62. The Kier molecular flexibility index (Phi) is 1.45. The number of hydrogen-bond acceptors (Lipinski definition) is 2. The Balaban J connectivity index is 1.81. The van der Waals surface area contributed by atoms with Crippen LogP contribution < -0.4 is 5.43 Å². The third kappa shape index (κ3) is 1.24. The summed E-state index contributed by atoms with van der Waals surface area (Å²) in [5, 5.41) is 4.44. The molecule has 1 aromatic rings. The van der Waals surface area contributed by atoms with Gasteiger partial charge in [0.15, 0.2) is 0 Å². The minimum absolute atomic E-state index is 0.663. The van der Waals surface area contributed by atoms with Gasteiger partial charge in [0.1, 0.15) is 0 Å². The van der Waals surface area contributed by atoms with Gasteiger partial charge in [-0.05, 0) is 25.0 Å². The van der Waals surface area contributed by atoms with Gasteiger partial charge in [0.2, 0.25) is 0 Å². The normalized spacial score (nSPS) is 23.5. The first-order valence-corrected chi connectivity index (χ1v) is 4.91. The molecule has 0 saturated heterocycles. The smallest absolute Gasteiger partial charge is 0.0857 e. The van der Waals surface area contributed by atoms with E-state index in [-0.39, 0.29) is 0 Å². The maximum absolute atomic E-state index is 4.44. The summed E-state index contributed by atoms with van der Waals surface area (Å²) in [7, 11) is 0. The van der Waals surface area contributed by atoms with Gasteiger partial charge in [0, 0.05) is 25.2 Å². The summed E-state index contributed by atoms with van der Waals surface area (Å²) in [5.41, 5.74) is 5.71. The van der Waals surface area contributed by atoms with E-state index in [4.69, 9.17) is 0 Å². The molecule has 1 saturated carbocycles. The zero-order valence-corrected chi connectivity index (χ0v) is 7.53. The highest BCUT2D eigenvalue weighted by molar-refractivity contribution is 6.00. The Hall–Kier alpha value is -1.25. The second-order valence-electron chi connectivity index (χ2n) is 3.80. The Morgan fingerprint density at radius 2 is 2.38 bits per heavy atom. The molecule has 0 radical (unpaired) electrons. The van der Waals surface area contributed by atoms with Gasteiger partial charge < -0.3 is 9.99 Å². The molecule has 2 heterocycles. The van der Waals surface area contributed by atoms with Crippen LogP contribution in [0.15, 0.2) is 23.4 Å². The average Bonchev–Trinajstić information content (AvgIpc) is 2.72. The Bertz CT molecular complexity index is 347. The number of aromatic nitrogens is 1. The molecule has 0 atom stereocenters. The molecule has 1 aliphatic carbocycles. The van der Waals surface area contributed by atoms with Crippen LogP contribution in [0.4, 0.5) is 0 Å². The number of fused-ring (bicyclic) bond motifs is 1. The van der Waals surface area contributed by atoms with Gasteiger partial charge in [-0.3, -0.25) is 0 Å². The van der Waals surface area contributed by atoms with E-state index in [9.17, 15) is 0 Å². The second-order valence-corrected chi connectivity index (χ2v) is 3.80. The fourth-order valence-corrected chi connectivity index (χ4v) is 1.72. The van der Waals surface area contributed by atoms with Gasteiger partial charge >= 0.3 is 0 Å². The van der Waals surface area contributed by atoms with E-state index >= 15 is 0 Å². The first-order chi connectivity index (χ1) is 6.43. The molecular formula is C10H13N3. The molecule has 0 aromatic carbocycles. The molecule has 0 unspecified atom stereocenters. The molecule has 0 bridgehead atoms. The van der Waals surface area contributed by atoms with Crippen molar-refractivity contribution in [1.82, 2.24) is 9.99 Å². The Labute approximate surface area is 77.4 Å². The standard InChI is InChI=1S/C10H13N3/c1-2-10-9(5-7-13(10)6-1)12-11-8-3-4-8/h1-2,6,8,11H,3-5,7H2/b12-9-. The molecule has 1 fully saturated rings. The molecule has 0 amide bonds. The predicted molar refractivity (Wildman–Crippen MR) is 51.7 cm³/mol. The van der Waals surface area contributed by atoms with E-state index in [2.05, 4.69) is 33.4 Å². The fourth-order valence-electron chi connectivity index (χ4n) is 1.72. The number of rotatable bonds is 2. The van der Waals surface area contributed by atoms with Crippen molar-refractivity contribution in [3.05, 3.63) is 24.0 Å². The summed E-state index contributed by atoms with van der Waals surface area (Å²) in [5.74, 6) is 0. The summed E-state index contributed by atoms with van der Waals surface area (Å²) in [4.78, 5) is 0. The van der Waals surface area contributed by atoms with E-state index in [0.717, 1.165) is 13.0 Å². The van der Waals surface area contributed by atoms with Crippen molar-refractivity contribution in [3.63, 3.8) is 0 Å². The van der Waals surface area contributed by atoms with Crippen LogP contribution in [-0.4, -0.2) is 16.3 Å². The Morgan fingerprint density at radius 3 is 3.23 bits per heavy atom. The Morgan fingerprint density at radius 1 is 1.46 bits per heavy atom. The molecule has 3 rings (SSSR count). The highest BCUT2D eigenvalue weighted by Gasteiger charge is 2.22. The highest BCUT2D eigenvalue weighted by atomic mass is 15.3. The van der Waals surface area contributed by atoms with Crippen molar-refractivity contribution in [3.8, 4) is 0 Å². The molecule has 3 heteroatoms. The third-order valence-corrected chi connectivity index (χ3v) is 2.67. The van der Waals surface area contributed by atoms with E-state index in [1.165, 1.54) is 24.2 Å². The monoisotopic (exact) mass is 175 g/mol. The largest absolute Gasteiger partial charge is 0.346 e. The summed E-state index contributed by atoms with van der Waals surface area (Å²) in [6, 6.07) is 4.89. The lowest BCUT2D eigenvalue weighted by molar-refractivity contribution is 0.732. The number of aryl methyl sites for hydroxylation is 1. The van der Waals surface area contributed by atoms with Crippen molar-refractivity contribution < 1.29 is 0 Å². The lowest BCUT2D eigenvalue weighted by atomic mass is 10.2. The van der Waals surface area contributed by atoms with Crippen molar-refractivity contribution in [2.45, 2.75) is 31.8 Å². The summed E-state index contributed by atoms with van der Waals surface area (Å²) in [6.07, 6.45) is 5.78. The van der Waals surface area contributed by atoms with Gasteiger partial charge in [-0.25, -0.2) is 0 Å². The number of hydrazone groups is 1. The third-order valence-electron chi connectivity index (χ3n) is 2.67. The first-order valence-electron chi connectivity index (χ1n) is 4.91. The molecule has 0 spiro atoms. The lowest BCUT2D eigenvalue weighted by Gasteiger charge is -1.98. The van der Waals surface area contributed by atoms with Crippen molar-refractivity contribution in [1.29, 1.82) is 0 Å². The van der Waals surface area contributed by atoms with E-state index in [1.54, 1.807) is 0 Å². The van der Waals surface area contributed by atoms with Crippen LogP contribution in [0.5, 0.6) is 0 Å². The number of hydrogen-bond donors (Lipinski definition) is 1. The van der Waals surface area contributed by atoms with Gasteiger partial charge in [0.25, 0.3) is 0 Å². The SMILES string of the molecule is c1cc2n(c1)CC/C2=N/NC1CC1. The summed E-state index contributed by atoms with van der Waals surface area (Å²) >= 11 is 0. The van der Waals surface area contributed by atoms with Crippen molar-refractivity contribution in [2.24, 2.45) is 5.10 Å². The zero-order valence-electron chi connectivity index (χ0n) is 7.53. The molecule has 13 heavy (non-hydrogen) atoms. The maximum atomic E-state index is 4.44. The molecule has 1 aliphatic heterocycles. The number of nitrogens with zero attached hydrogens (tertiary/aromatic N) is 2. The van der Waals surface area contributed by atoms with Crippen LogP contribution >= 0.6 is 0 Å². The zero-order chi connectivity index (χ0) is 8.67. The molecule has 1 N–H and O–H groups in total. The minimum atomic E-state index is 0.663. The van der Waals surface area contributed by atoms with Crippen LogP contribution in [0.2, 0.25) is 0 Å². The maximum Gasteiger partial charge on any atom is 0.0857 e. The minimum Gasteiger partial charge on any atom is -0.346 e. The summed E-state index contributed by atoms with van der Waals surface area (Å²) in [6.45, 7) is 1.09. The summed E-state index contributed by atoms with van der Waals surface area (Å²) < 4.78 is 2.26. The average molecular weight is 175 g/mol. The quantitative estimate of drug-likeness (QED) is 0.675. The molecule has 68 valence electrons. The van der Waals surface area contributed by atoms with Crippen LogP contribution in [0.1, 0.15) is 25.0 Å². The van der Waals surface area contributed by atoms with Gasteiger partial charge in [-0.15, -0.1) is 0 Å². The first kappa shape index (κ1) is 7.18. The van der Waals surface area contributed by atoms with Crippen LogP contribution in [-0.2, 0) is 6.54 Å². The van der Waals surface area contributed by atoms with Crippen LogP contribution in [0.25, 0.3) is 0 Å². The van der Waals surface area contributed by atoms with Crippen LogP contribution in [0.3, 0.4) is 0 Å². The topological polar surface area (TPSA) is 29.3 Å². The van der Waals surface area contributed by atoms with E-state index in [0.29, 0.717) is 6.04 Å². The molecular weight excluding hydrogens is 162 g/mol. The van der Waals surface area contributed by atoms with E-state index in [1.807, 2.05) is 0 Å².